The zero-order valence-electron chi connectivity index (χ0n) is 21.4. The Bertz CT molecular complexity index is 1290. The fraction of sp³-hybridized carbons (Fsp3) is 0.276. The maximum absolute atomic E-state index is 11.1. The van der Waals surface area contributed by atoms with Crippen LogP contribution in [0.15, 0.2) is 49.1 Å². The molecule has 0 spiro atoms. The Morgan fingerprint density at radius 2 is 1.08 bits per heavy atom. The molecule has 0 bridgehead atoms. The third-order valence-corrected chi connectivity index (χ3v) is 7.40. The molecule has 0 amide bonds. The number of pyridine rings is 2. The Hall–Kier alpha value is -3.18. The minimum Gasteiger partial charge on any atom is -0.324 e. The molecular formula is C29H35N2O4P+2. The molecule has 6 nitrogen and oxygen atoms in total. The van der Waals surface area contributed by atoms with Crippen molar-refractivity contribution >= 4 is 38.2 Å². The van der Waals surface area contributed by atoms with Gasteiger partial charge in [-0.2, -0.15) is 0 Å². The summed E-state index contributed by atoms with van der Waals surface area (Å²) in [6, 6.07) is 8.00. The number of nitrogens with zero attached hydrogens (tertiary/aromatic N) is 2. The third kappa shape index (κ3) is 7.41. The Kier molecular flexibility index (Phi) is 9.27. The minimum absolute atomic E-state index is 0.170. The van der Waals surface area contributed by atoms with Crippen LogP contribution in [0.5, 0.6) is 0 Å². The summed E-state index contributed by atoms with van der Waals surface area (Å²) in [6.07, 6.45) is 17.5. The van der Waals surface area contributed by atoms with E-state index in [9.17, 15) is 9.36 Å². The summed E-state index contributed by atoms with van der Waals surface area (Å²) in [5.41, 5.74) is 9.53. The summed E-state index contributed by atoms with van der Waals surface area (Å²) in [7, 11) is -4.00. The van der Waals surface area contributed by atoms with E-state index in [1.54, 1.807) is 4.57 Å². The van der Waals surface area contributed by atoms with Gasteiger partial charge in [0, 0.05) is 24.3 Å². The number of aryl methyl sites for hydroxylation is 2. The topological polar surface area (TPSA) is 82.4 Å². The van der Waals surface area contributed by atoms with Crippen LogP contribution >= 0.6 is 7.60 Å². The standard InChI is InChI=1S/C29H33N2O4P/c1-22-24(3)29(9-7-27-12-17-31(18-13-27)19-21-36(33,34)35)25(4)23(2)28(22)8-6-26-10-15-30(16-11-26)14-5-20-32/h6-13,15-18,20H,5,14,19,21H2,1-4H3/p+2/b8-6+,9-7+. The Balaban J connectivity index is 1.79. The van der Waals surface area contributed by atoms with Crippen LogP contribution in [0.25, 0.3) is 24.3 Å². The molecule has 0 unspecified atom stereocenters. The van der Waals surface area contributed by atoms with Gasteiger partial charge in [0.1, 0.15) is 12.4 Å². The molecule has 7 heteroatoms. The maximum Gasteiger partial charge on any atom is 0.331 e. The van der Waals surface area contributed by atoms with E-state index in [1.807, 2.05) is 41.5 Å². The lowest BCUT2D eigenvalue weighted by atomic mass is 9.88. The highest BCUT2D eigenvalue weighted by Crippen LogP contribution is 2.33. The molecule has 0 saturated heterocycles. The zero-order valence-corrected chi connectivity index (χ0v) is 22.3. The van der Waals surface area contributed by atoms with Crippen LogP contribution in [-0.4, -0.2) is 22.2 Å². The Morgan fingerprint density at radius 3 is 1.44 bits per heavy atom. The second-order valence-corrected chi connectivity index (χ2v) is 10.9. The van der Waals surface area contributed by atoms with E-state index in [1.165, 1.54) is 33.4 Å². The van der Waals surface area contributed by atoms with Gasteiger partial charge in [-0.15, -0.1) is 0 Å². The van der Waals surface area contributed by atoms with Crippen molar-refractivity contribution < 1.29 is 28.3 Å². The van der Waals surface area contributed by atoms with Gasteiger partial charge in [-0.3, -0.25) is 4.57 Å². The van der Waals surface area contributed by atoms with E-state index in [0.717, 1.165) is 17.4 Å². The molecule has 3 rings (SSSR count). The predicted octanol–water partition coefficient (Wildman–Crippen LogP) is 4.60. The van der Waals surface area contributed by atoms with E-state index in [4.69, 9.17) is 9.79 Å². The number of hydrogen-bond donors (Lipinski definition) is 2. The molecule has 1 aromatic carbocycles. The van der Waals surface area contributed by atoms with Crippen LogP contribution < -0.4 is 9.13 Å². The quantitative estimate of drug-likeness (QED) is 0.239. The first-order valence-corrected chi connectivity index (χ1v) is 13.8. The average Bonchev–Trinajstić information content (AvgIpc) is 2.86. The second kappa shape index (κ2) is 12.2. The number of aromatic nitrogens is 2. The van der Waals surface area contributed by atoms with E-state index < -0.39 is 7.60 Å². The molecule has 0 aliphatic rings. The summed E-state index contributed by atoms with van der Waals surface area (Å²) < 4.78 is 14.9. The van der Waals surface area contributed by atoms with Gasteiger partial charge in [-0.05, 0) is 72.2 Å². The maximum atomic E-state index is 11.1. The predicted molar refractivity (Wildman–Crippen MR) is 144 cm³/mol. The molecular weight excluding hydrogens is 471 g/mol. The molecule has 0 fully saturated rings. The summed E-state index contributed by atoms with van der Waals surface area (Å²) in [5.74, 6) is 0. The summed E-state index contributed by atoms with van der Waals surface area (Å²) in [6.45, 7) is 9.59. The number of carbonyl (C=O) groups is 1. The molecule has 2 aromatic heterocycles. The highest BCUT2D eigenvalue weighted by Gasteiger charge is 2.16. The number of hydrogen-bond acceptors (Lipinski definition) is 2. The van der Waals surface area contributed by atoms with Crippen molar-refractivity contribution in [2.24, 2.45) is 0 Å². The average molecular weight is 507 g/mol. The summed E-state index contributed by atoms with van der Waals surface area (Å²) in [5, 5.41) is 0. The lowest BCUT2D eigenvalue weighted by Gasteiger charge is -2.17. The van der Waals surface area contributed by atoms with Crippen LogP contribution in [0.4, 0.5) is 0 Å². The molecule has 188 valence electrons. The van der Waals surface area contributed by atoms with Gasteiger partial charge in [0.25, 0.3) is 0 Å². The van der Waals surface area contributed by atoms with Crippen molar-refractivity contribution in [1.82, 2.24) is 0 Å². The normalized spacial score (nSPS) is 12.1. The highest BCUT2D eigenvalue weighted by molar-refractivity contribution is 7.51. The zero-order chi connectivity index (χ0) is 26.3. The van der Waals surface area contributed by atoms with Crippen LogP contribution in [0.2, 0.25) is 0 Å². The first-order valence-electron chi connectivity index (χ1n) is 12.0. The van der Waals surface area contributed by atoms with Gasteiger partial charge in [0.2, 0.25) is 0 Å². The molecule has 0 aliphatic carbocycles. The lowest BCUT2D eigenvalue weighted by molar-refractivity contribution is -0.695. The first kappa shape index (κ1) is 27.4. The van der Waals surface area contributed by atoms with Crippen LogP contribution in [-0.2, 0) is 22.4 Å². The van der Waals surface area contributed by atoms with E-state index in [2.05, 4.69) is 64.1 Å². The van der Waals surface area contributed by atoms with Gasteiger partial charge in [0.15, 0.2) is 37.9 Å². The Labute approximate surface area is 213 Å². The van der Waals surface area contributed by atoms with Crippen molar-refractivity contribution in [1.29, 1.82) is 0 Å². The van der Waals surface area contributed by atoms with Gasteiger partial charge < -0.3 is 14.6 Å². The lowest BCUT2D eigenvalue weighted by Crippen LogP contribution is -2.34. The van der Waals surface area contributed by atoms with Crippen molar-refractivity contribution in [2.75, 3.05) is 6.16 Å². The SMILES string of the molecule is Cc1c(C)c(/C=C/c2cc[n+](CCP(=O)(O)O)cc2)c(C)c(C)c1/C=C/c1cc[n+](CCC=O)cc1. The van der Waals surface area contributed by atoms with Gasteiger partial charge in [-0.1, -0.05) is 24.3 Å². The molecule has 0 saturated carbocycles. The van der Waals surface area contributed by atoms with E-state index >= 15 is 0 Å². The molecule has 36 heavy (non-hydrogen) atoms. The summed E-state index contributed by atoms with van der Waals surface area (Å²) in [4.78, 5) is 28.7. The molecule has 0 aliphatic heterocycles. The van der Waals surface area contributed by atoms with Crippen LogP contribution in [0.1, 0.15) is 50.9 Å². The van der Waals surface area contributed by atoms with E-state index in [-0.39, 0.29) is 12.7 Å². The highest BCUT2D eigenvalue weighted by atomic mass is 31.2. The fourth-order valence-corrected chi connectivity index (χ4v) is 4.63. The number of benzene rings is 1. The van der Waals surface area contributed by atoms with Crippen LogP contribution in [0.3, 0.4) is 0 Å². The first-order chi connectivity index (χ1) is 17.1. The monoisotopic (exact) mass is 506 g/mol. The smallest absolute Gasteiger partial charge is 0.324 e. The largest absolute Gasteiger partial charge is 0.331 e. The van der Waals surface area contributed by atoms with Crippen LogP contribution in [0, 0.1) is 27.7 Å². The number of aldehydes is 1. The molecule has 0 atom stereocenters. The second-order valence-electron chi connectivity index (χ2n) is 9.08. The van der Waals surface area contributed by atoms with Gasteiger partial charge >= 0.3 is 7.60 Å². The van der Waals surface area contributed by atoms with Crippen molar-refractivity contribution in [3.05, 3.63) is 93.6 Å². The van der Waals surface area contributed by atoms with Crippen molar-refractivity contribution in [3.63, 3.8) is 0 Å². The fourth-order valence-electron chi connectivity index (χ4n) is 4.14. The Morgan fingerprint density at radius 1 is 0.694 bits per heavy atom. The van der Waals surface area contributed by atoms with Gasteiger partial charge in [-0.25, -0.2) is 9.13 Å². The molecule has 0 radical (unpaired) electrons. The van der Waals surface area contributed by atoms with Gasteiger partial charge in [0.05, 0.1) is 6.42 Å². The summed E-state index contributed by atoms with van der Waals surface area (Å²) >= 11 is 0. The molecule has 3 aromatic rings. The molecule has 2 N–H and O–H groups in total. The minimum atomic E-state index is -4.00. The molecule has 2 heterocycles. The van der Waals surface area contributed by atoms with E-state index in [0.29, 0.717) is 13.0 Å². The third-order valence-electron chi connectivity index (χ3n) is 6.61. The van der Waals surface area contributed by atoms with Crippen molar-refractivity contribution in [2.45, 2.75) is 47.2 Å². The van der Waals surface area contributed by atoms with Crippen molar-refractivity contribution in [3.8, 4) is 0 Å². The number of carbonyl (C=O) groups excluding carboxylic acids is 1. The number of rotatable bonds is 10.